The van der Waals surface area contributed by atoms with Crippen molar-refractivity contribution in [3.05, 3.63) is 193 Å². The van der Waals surface area contributed by atoms with Gasteiger partial charge in [0.2, 0.25) is 0 Å². The van der Waals surface area contributed by atoms with Crippen LogP contribution in [0.5, 0.6) is 51.7 Å². The smallest absolute Gasteiger partial charge is 0.338 e. The molecule has 82 heavy (non-hydrogen) atoms. The maximum absolute atomic E-state index is 12.6. The minimum absolute atomic E-state index is 0.0561. The van der Waals surface area contributed by atoms with Crippen LogP contribution in [0, 0.1) is 62.3 Å². The Morgan fingerprint density at radius 1 is 0.378 bits per heavy atom. The summed E-state index contributed by atoms with van der Waals surface area (Å²) in [6.45, 7) is 56.5. The van der Waals surface area contributed by atoms with Gasteiger partial charge < -0.3 is 28.4 Å². The summed E-state index contributed by atoms with van der Waals surface area (Å²) in [6.07, 6.45) is 0.758. The van der Waals surface area contributed by atoms with E-state index in [0.717, 1.165) is 90.4 Å². The lowest BCUT2D eigenvalue weighted by atomic mass is 9.74. The van der Waals surface area contributed by atoms with Crippen molar-refractivity contribution in [2.24, 2.45) is 0 Å². The fourth-order valence-corrected chi connectivity index (χ4v) is 10.6. The summed E-state index contributed by atoms with van der Waals surface area (Å²) in [5.74, 6) is 4.27. The number of esters is 3. The van der Waals surface area contributed by atoms with Crippen molar-refractivity contribution in [1.82, 2.24) is 0 Å². The molecule has 9 heteroatoms. The van der Waals surface area contributed by atoms with E-state index in [0.29, 0.717) is 51.2 Å². The van der Waals surface area contributed by atoms with Crippen molar-refractivity contribution >= 4 is 17.9 Å². The Labute approximate surface area is 489 Å². The number of hydrogen-bond donors (Lipinski definition) is 0. The van der Waals surface area contributed by atoms with Gasteiger partial charge >= 0.3 is 17.9 Å². The quantitative estimate of drug-likeness (QED) is 0.0501. The van der Waals surface area contributed by atoms with Crippen molar-refractivity contribution < 1.29 is 42.8 Å². The Morgan fingerprint density at radius 2 is 0.610 bits per heavy atom. The molecule has 1 unspecified atom stereocenters. The van der Waals surface area contributed by atoms with Crippen molar-refractivity contribution in [3.8, 4) is 51.7 Å². The molecular weight excluding hydrogens is 1020 g/mol. The Bertz CT molecular complexity index is 3320. The highest BCUT2D eigenvalue weighted by molar-refractivity contribution is 5.90. The largest absolute Gasteiger partial charge is 0.457 e. The van der Waals surface area contributed by atoms with Gasteiger partial charge in [0.05, 0.1) is 0 Å². The average molecular weight is 1110 g/mol. The topological polar surface area (TPSA) is 107 Å². The molecule has 0 amide bonds. The maximum atomic E-state index is 12.6. The van der Waals surface area contributed by atoms with Gasteiger partial charge in [0.1, 0.15) is 51.7 Å². The molecule has 0 saturated carbocycles. The van der Waals surface area contributed by atoms with Crippen LogP contribution in [-0.2, 0) is 30.6 Å². The van der Waals surface area contributed by atoms with Crippen molar-refractivity contribution in [3.63, 3.8) is 0 Å². The number of carbonyl (C=O) groups excluding carboxylic acids is 3. The molecule has 0 heterocycles. The number of hydrogen-bond acceptors (Lipinski definition) is 9. The fourth-order valence-electron chi connectivity index (χ4n) is 10.6. The predicted molar refractivity (Wildman–Crippen MR) is 334 cm³/mol. The van der Waals surface area contributed by atoms with E-state index in [4.69, 9.17) is 28.4 Å². The van der Waals surface area contributed by atoms with E-state index >= 15 is 0 Å². The van der Waals surface area contributed by atoms with Crippen LogP contribution in [0.3, 0.4) is 0 Å². The highest BCUT2D eigenvalue weighted by Crippen LogP contribution is 2.48. The highest BCUT2D eigenvalue weighted by atomic mass is 16.5. The summed E-state index contributed by atoms with van der Waals surface area (Å²) in [6, 6.07) is 25.1. The molecule has 0 N–H and O–H groups in total. The zero-order chi connectivity index (χ0) is 61.4. The van der Waals surface area contributed by atoms with Crippen molar-refractivity contribution in [2.75, 3.05) is 0 Å². The molecule has 0 spiro atoms. The summed E-state index contributed by atoms with van der Waals surface area (Å²) < 4.78 is 37.8. The fraction of sp³-hybridized carbons (Fsp3) is 0.384. The lowest BCUT2D eigenvalue weighted by Gasteiger charge is -2.32. The minimum atomic E-state index is -0.470. The van der Waals surface area contributed by atoms with Gasteiger partial charge in [-0.25, -0.2) is 14.4 Å². The molecule has 0 bridgehead atoms. The van der Waals surface area contributed by atoms with E-state index < -0.39 is 17.9 Å². The van der Waals surface area contributed by atoms with E-state index in [1.165, 1.54) is 16.7 Å². The first kappa shape index (κ1) is 63.5. The number of carbonyl (C=O) groups is 3. The lowest BCUT2D eigenvalue weighted by molar-refractivity contribution is -0.131. The van der Waals surface area contributed by atoms with Crippen LogP contribution in [-0.4, -0.2) is 17.9 Å². The Morgan fingerprint density at radius 3 is 0.841 bits per heavy atom. The van der Waals surface area contributed by atoms with E-state index in [1.54, 1.807) is 20.8 Å². The van der Waals surface area contributed by atoms with Crippen LogP contribution >= 0.6 is 0 Å². The first-order chi connectivity index (χ1) is 37.8. The molecule has 0 fully saturated rings. The molecular formula is C73H88O9. The summed E-state index contributed by atoms with van der Waals surface area (Å²) in [7, 11) is 0. The summed E-state index contributed by atoms with van der Waals surface area (Å²) in [4.78, 5) is 37.7. The lowest BCUT2D eigenvalue weighted by Crippen LogP contribution is -2.18. The Kier molecular flexibility index (Phi) is 18.9. The van der Waals surface area contributed by atoms with E-state index in [2.05, 4.69) is 146 Å². The van der Waals surface area contributed by atoms with E-state index in [1.807, 2.05) is 77.9 Å². The molecule has 0 saturated heterocycles. The van der Waals surface area contributed by atoms with Gasteiger partial charge in [0.15, 0.2) is 0 Å². The number of aryl methyl sites for hydroxylation is 9. The summed E-state index contributed by atoms with van der Waals surface area (Å²) in [5.41, 5.74) is 14.8. The van der Waals surface area contributed by atoms with Gasteiger partial charge in [-0.1, -0.05) is 107 Å². The SMILES string of the molecule is C=C(C)C(=O)Oc1c(C)cc(Oc2cc(C)c(C(C)CC(c3cc(C(C)(C)C)c(Oc4cc(C)c(OC(=O)C(=C)C)c(C)c4)cc3C)c3cc(C(C)(C)C)c(Oc4cc(C)c(OC(=O)C(=C)C)c(C)c4)cc3C)cc2C(C)(C)C)cc1C. The van der Waals surface area contributed by atoms with Crippen LogP contribution < -0.4 is 28.4 Å². The molecule has 0 aliphatic heterocycles. The third-order valence-electron chi connectivity index (χ3n) is 15.0. The van der Waals surface area contributed by atoms with Gasteiger partial charge in [-0.05, 0) is 233 Å². The van der Waals surface area contributed by atoms with Crippen LogP contribution in [0.4, 0.5) is 0 Å². The maximum Gasteiger partial charge on any atom is 0.338 e. The summed E-state index contributed by atoms with van der Waals surface area (Å²) >= 11 is 0. The normalized spacial score (nSPS) is 12.2. The zero-order valence-electron chi connectivity index (χ0n) is 53.1. The minimum Gasteiger partial charge on any atom is -0.457 e. The molecule has 1 atom stereocenters. The molecule has 9 nitrogen and oxygen atoms in total. The molecule has 0 aromatic heterocycles. The second kappa shape index (κ2) is 24.4. The number of ether oxygens (including phenoxy) is 6. The first-order valence-electron chi connectivity index (χ1n) is 28.3. The van der Waals surface area contributed by atoms with Crippen LogP contribution in [0.2, 0.25) is 0 Å². The predicted octanol–water partition coefficient (Wildman–Crippen LogP) is 19.5. The average Bonchev–Trinajstić information content (AvgIpc) is 3.53. The van der Waals surface area contributed by atoms with Crippen LogP contribution in [0.25, 0.3) is 0 Å². The van der Waals surface area contributed by atoms with Gasteiger partial charge in [0, 0.05) is 39.3 Å². The third-order valence-corrected chi connectivity index (χ3v) is 15.0. The highest BCUT2D eigenvalue weighted by Gasteiger charge is 2.32. The number of benzene rings is 6. The van der Waals surface area contributed by atoms with Crippen molar-refractivity contribution in [2.45, 2.75) is 187 Å². The van der Waals surface area contributed by atoms with Crippen LogP contribution in [0.15, 0.2) is 109 Å². The molecule has 6 aromatic rings. The summed E-state index contributed by atoms with van der Waals surface area (Å²) in [5, 5.41) is 0. The standard InChI is InChI=1S/C73H88O9/c1-39(2)68(74)80-65-46(11)26-52(27-47(65)12)77-62-33-43(8)55(36-59(62)71(17,18)19)42(7)32-58(56-37-60(72(20,21)22)63(34-44(56)9)78-53-28-48(13)66(49(14)29-53)81-69(75)40(3)4)57-38-61(73(23,24)25)64(35-45(57)10)79-54-30-50(15)67(51(16)31-54)82-70(76)41(5)6/h26-31,33-38,42,58H,1,3,5,32H2,2,4,6-25H3. The van der Waals surface area contributed by atoms with E-state index in [-0.39, 0.29) is 28.1 Å². The Balaban J connectivity index is 1.52. The van der Waals surface area contributed by atoms with E-state index in [9.17, 15) is 14.4 Å². The zero-order valence-corrected chi connectivity index (χ0v) is 53.1. The Hall–Kier alpha value is -7.65. The van der Waals surface area contributed by atoms with Gasteiger partial charge in [-0.3, -0.25) is 0 Å². The van der Waals surface area contributed by atoms with Gasteiger partial charge in [-0.2, -0.15) is 0 Å². The number of rotatable bonds is 17. The van der Waals surface area contributed by atoms with Crippen LogP contribution in [0.1, 0.15) is 192 Å². The second-order valence-corrected chi connectivity index (χ2v) is 26.0. The van der Waals surface area contributed by atoms with Crippen molar-refractivity contribution in [1.29, 1.82) is 0 Å². The molecule has 6 aromatic carbocycles. The molecule has 0 aliphatic carbocycles. The monoisotopic (exact) mass is 1110 g/mol. The molecule has 0 aliphatic rings. The molecule has 6 rings (SSSR count). The third kappa shape index (κ3) is 14.7. The van der Waals surface area contributed by atoms with Gasteiger partial charge in [0.25, 0.3) is 0 Å². The molecule has 0 radical (unpaired) electrons. The first-order valence-corrected chi connectivity index (χ1v) is 28.3. The molecule has 434 valence electrons. The second-order valence-electron chi connectivity index (χ2n) is 26.0. The van der Waals surface area contributed by atoms with Gasteiger partial charge in [-0.15, -0.1) is 0 Å².